The predicted molar refractivity (Wildman–Crippen MR) is 80.6 cm³/mol. The van der Waals surface area contributed by atoms with E-state index < -0.39 is 0 Å². The number of hydrogen-bond acceptors (Lipinski definition) is 3. The van der Waals surface area contributed by atoms with Gasteiger partial charge in [-0.1, -0.05) is 25.5 Å². The summed E-state index contributed by atoms with van der Waals surface area (Å²) in [5.74, 6) is -0.0944. The van der Waals surface area contributed by atoms with Crippen molar-refractivity contribution < 1.29 is 9.90 Å². The first-order valence-corrected chi connectivity index (χ1v) is 6.94. The summed E-state index contributed by atoms with van der Waals surface area (Å²) in [6, 6.07) is 7.39. The maximum absolute atomic E-state index is 12.5. The van der Waals surface area contributed by atoms with Crippen LogP contribution in [0.5, 0.6) is 0 Å². The summed E-state index contributed by atoms with van der Waals surface area (Å²) < 4.78 is 0. The zero-order chi connectivity index (χ0) is 14.5. The number of aromatic nitrogens is 1. The van der Waals surface area contributed by atoms with Crippen molar-refractivity contribution >= 4 is 22.5 Å². The number of H-pyrrole nitrogens is 1. The van der Waals surface area contributed by atoms with Crippen LogP contribution in [0.15, 0.2) is 24.3 Å². The number of nitrogen functional groups attached to an aromatic ring is 1. The van der Waals surface area contributed by atoms with Crippen molar-refractivity contribution in [2.75, 3.05) is 25.4 Å². The average Bonchev–Trinajstić information content (AvgIpc) is 2.88. The van der Waals surface area contributed by atoms with Gasteiger partial charge in [-0.2, -0.15) is 0 Å². The number of nitrogens with one attached hydrogen (secondary N) is 1. The van der Waals surface area contributed by atoms with E-state index in [1.54, 1.807) is 11.0 Å². The highest BCUT2D eigenvalue weighted by atomic mass is 16.3. The van der Waals surface area contributed by atoms with Gasteiger partial charge in [0, 0.05) is 18.5 Å². The molecule has 0 fully saturated rings. The Kier molecular flexibility index (Phi) is 4.63. The molecule has 0 bridgehead atoms. The Labute approximate surface area is 118 Å². The third kappa shape index (κ3) is 2.93. The summed E-state index contributed by atoms with van der Waals surface area (Å²) in [7, 11) is 0. The van der Waals surface area contributed by atoms with Crippen molar-refractivity contribution in [3.8, 4) is 0 Å². The monoisotopic (exact) mass is 275 g/mol. The number of aromatic amines is 1. The molecule has 5 heteroatoms. The van der Waals surface area contributed by atoms with Gasteiger partial charge in [0.15, 0.2) is 0 Å². The fourth-order valence-corrected chi connectivity index (χ4v) is 2.25. The van der Waals surface area contributed by atoms with Gasteiger partial charge in [-0.3, -0.25) is 4.79 Å². The van der Waals surface area contributed by atoms with E-state index in [2.05, 4.69) is 11.9 Å². The van der Waals surface area contributed by atoms with Crippen LogP contribution >= 0.6 is 0 Å². The first-order valence-electron chi connectivity index (χ1n) is 6.94. The molecule has 0 saturated heterocycles. The minimum absolute atomic E-state index is 0.0299. The molecular formula is C15H21N3O2. The van der Waals surface area contributed by atoms with E-state index in [9.17, 15) is 4.79 Å². The predicted octanol–water partition coefficient (Wildman–Crippen LogP) is 1.98. The number of aliphatic hydroxyl groups is 1. The standard InChI is InChI=1S/C15H21N3O2/c1-2-3-7-18(8-9-19)15(20)13-10-11-5-4-6-12(16)14(11)17-13/h4-6,10,17,19H,2-3,7-9,16H2,1H3. The van der Waals surface area contributed by atoms with Crippen molar-refractivity contribution in [3.05, 3.63) is 30.0 Å². The summed E-state index contributed by atoms with van der Waals surface area (Å²) in [5.41, 5.74) is 7.82. The molecule has 0 radical (unpaired) electrons. The van der Waals surface area contributed by atoms with Gasteiger partial charge < -0.3 is 20.7 Å². The lowest BCUT2D eigenvalue weighted by atomic mass is 10.2. The van der Waals surface area contributed by atoms with Crippen molar-refractivity contribution in [3.63, 3.8) is 0 Å². The number of fused-ring (bicyclic) bond motifs is 1. The molecule has 0 aliphatic heterocycles. The molecule has 4 N–H and O–H groups in total. The molecule has 1 amide bonds. The Morgan fingerprint density at radius 2 is 2.20 bits per heavy atom. The minimum Gasteiger partial charge on any atom is -0.397 e. The smallest absolute Gasteiger partial charge is 0.270 e. The first-order chi connectivity index (χ1) is 9.67. The zero-order valence-corrected chi connectivity index (χ0v) is 11.7. The highest BCUT2D eigenvalue weighted by Crippen LogP contribution is 2.21. The van der Waals surface area contributed by atoms with Gasteiger partial charge in [0.1, 0.15) is 5.69 Å². The third-order valence-corrected chi connectivity index (χ3v) is 3.36. The molecule has 0 aliphatic rings. The molecule has 0 unspecified atom stereocenters. The fraction of sp³-hybridized carbons (Fsp3) is 0.400. The second kappa shape index (κ2) is 6.43. The van der Waals surface area contributed by atoms with Gasteiger partial charge in [0.25, 0.3) is 5.91 Å². The molecule has 1 heterocycles. The van der Waals surface area contributed by atoms with Crippen molar-refractivity contribution in [1.82, 2.24) is 9.88 Å². The lowest BCUT2D eigenvalue weighted by Crippen LogP contribution is -2.34. The normalized spacial score (nSPS) is 10.9. The van der Waals surface area contributed by atoms with Crippen LogP contribution in [-0.2, 0) is 0 Å². The fourth-order valence-electron chi connectivity index (χ4n) is 2.25. The number of benzene rings is 1. The molecule has 0 spiro atoms. The number of nitrogens with zero attached hydrogens (tertiary/aromatic N) is 1. The summed E-state index contributed by atoms with van der Waals surface area (Å²) in [6.07, 6.45) is 1.93. The van der Waals surface area contributed by atoms with E-state index in [4.69, 9.17) is 10.8 Å². The van der Waals surface area contributed by atoms with Gasteiger partial charge in [-0.25, -0.2) is 0 Å². The second-order valence-electron chi connectivity index (χ2n) is 4.86. The molecule has 0 atom stereocenters. The Bertz CT molecular complexity index is 592. The van der Waals surface area contributed by atoms with Gasteiger partial charge >= 0.3 is 0 Å². The highest BCUT2D eigenvalue weighted by molar-refractivity contribution is 6.00. The van der Waals surface area contributed by atoms with Crippen LogP contribution in [-0.4, -0.2) is 40.6 Å². The number of hydrogen-bond donors (Lipinski definition) is 3. The molecule has 108 valence electrons. The molecule has 1 aromatic heterocycles. The van der Waals surface area contributed by atoms with Crippen LogP contribution in [0, 0.1) is 0 Å². The summed E-state index contributed by atoms with van der Waals surface area (Å²) in [4.78, 5) is 17.2. The lowest BCUT2D eigenvalue weighted by Gasteiger charge is -2.20. The number of nitrogens with two attached hydrogens (primary N) is 1. The quantitative estimate of drug-likeness (QED) is 0.705. The topological polar surface area (TPSA) is 82.3 Å². The number of carbonyl (C=O) groups excluding carboxylic acids is 1. The maximum atomic E-state index is 12.5. The molecule has 2 rings (SSSR count). The molecule has 5 nitrogen and oxygen atoms in total. The van der Waals surface area contributed by atoms with Crippen LogP contribution in [0.2, 0.25) is 0 Å². The largest absolute Gasteiger partial charge is 0.397 e. The third-order valence-electron chi connectivity index (χ3n) is 3.36. The van der Waals surface area contributed by atoms with E-state index in [-0.39, 0.29) is 12.5 Å². The molecule has 20 heavy (non-hydrogen) atoms. The minimum atomic E-state index is -0.0944. The van der Waals surface area contributed by atoms with Gasteiger partial charge in [0.05, 0.1) is 17.8 Å². The summed E-state index contributed by atoms with van der Waals surface area (Å²) >= 11 is 0. The molecule has 0 aliphatic carbocycles. The van der Waals surface area contributed by atoms with E-state index in [1.807, 2.05) is 18.2 Å². The number of unbranched alkanes of at least 4 members (excludes halogenated alkanes) is 1. The molecular weight excluding hydrogens is 254 g/mol. The van der Waals surface area contributed by atoms with Crippen LogP contribution < -0.4 is 5.73 Å². The van der Waals surface area contributed by atoms with E-state index in [1.165, 1.54) is 0 Å². The molecule has 1 aromatic carbocycles. The van der Waals surface area contributed by atoms with Crippen molar-refractivity contribution in [2.45, 2.75) is 19.8 Å². The number of carbonyl (C=O) groups is 1. The Balaban J connectivity index is 2.26. The average molecular weight is 275 g/mol. The number of amides is 1. The molecule has 2 aromatic rings. The SMILES string of the molecule is CCCCN(CCO)C(=O)c1cc2cccc(N)c2[nH]1. The van der Waals surface area contributed by atoms with E-state index >= 15 is 0 Å². The van der Waals surface area contributed by atoms with Crippen LogP contribution in [0.4, 0.5) is 5.69 Å². The Morgan fingerprint density at radius 3 is 2.85 bits per heavy atom. The van der Waals surface area contributed by atoms with Crippen molar-refractivity contribution in [1.29, 1.82) is 0 Å². The van der Waals surface area contributed by atoms with Gasteiger partial charge in [0.2, 0.25) is 0 Å². The van der Waals surface area contributed by atoms with E-state index in [0.29, 0.717) is 24.5 Å². The highest BCUT2D eigenvalue weighted by Gasteiger charge is 2.17. The van der Waals surface area contributed by atoms with Gasteiger partial charge in [-0.15, -0.1) is 0 Å². The first kappa shape index (κ1) is 14.4. The number of anilines is 1. The summed E-state index contributed by atoms with van der Waals surface area (Å²) in [5, 5.41) is 10.0. The van der Waals surface area contributed by atoms with Crippen LogP contribution in [0.1, 0.15) is 30.3 Å². The Hall–Kier alpha value is -2.01. The number of para-hydroxylation sites is 1. The zero-order valence-electron chi connectivity index (χ0n) is 11.7. The summed E-state index contributed by atoms with van der Waals surface area (Å²) in [6.45, 7) is 3.05. The van der Waals surface area contributed by atoms with E-state index in [0.717, 1.165) is 23.7 Å². The number of aliphatic hydroxyl groups excluding tert-OH is 1. The lowest BCUT2D eigenvalue weighted by molar-refractivity contribution is 0.0714. The maximum Gasteiger partial charge on any atom is 0.270 e. The number of rotatable bonds is 6. The van der Waals surface area contributed by atoms with Crippen molar-refractivity contribution in [2.24, 2.45) is 0 Å². The van der Waals surface area contributed by atoms with Crippen LogP contribution in [0.25, 0.3) is 10.9 Å². The Morgan fingerprint density at radius 1 is 1.40 bits per heavy atom. The van der Waals surface area contributed by atoms with Crippen LogP contribution in [0.3, 0.4) is 0 Å². The van der Waals surface area contributed by atoms with Gasteiger partial charge in [-0.05, 0) is 18.6 Å². The molecule has 0 saturated carbocycles. The second-order valence-corrected chi connectivity index (χ2v) is 4.86.